The molecule has 1 aliphatic heterocycles. The molecular formula is C8H18N2. The van der Waals surface area contributed by atoms with Crippen molar-refractivity contribution in [2.45, 2.75) is 25.8 Å². The third-order valence-electron chi connectivity index (χ3n) is 2.39. The molecule has 0 amide bonds. The van der Waals surface area contributed by atoms with E-state index >= 15 is 0 Å². The van der Waals surface area contributed by atoms with Gasteiger partial charge in [0.25, 0.3) is 0 Å². The van der Waals surface area contributed by atoms with Crippen molar-refractivity contribution in [3.63, 3.8) is 0 Å². The predicted octanol–water partition coefficient (Wildman–Crippen LogP) is 0.690. The number of likely N-dealkylation sites (N-methyl/N-ethyl adjacent to an activating group) is 1. The van der Waals surface area contributed by atoms with Crippen LogP contribution in [-0.4, -0.2) is 37.6 Å². The molecule has 2 nitrogen and oxygen atoms in total. The summed E-state index contributed by atoms with van der Waals surface area (Å²) in [6.07, 6.45) is 2.60. The molecule has 0 aromatic carbocycles. The molecule has 0 aliphatic carbocycles. The van der Waals surface area contributed by atoms with E-state index in [-0.39, 0.29) is 0 Å². The van der Waals surface area contributed by atoms with Gasteiger partial charge in [-0.3, -0.25) is 0 Å². The van der Waals surface area contributed by atoms with Crippen molar-refractivity contribution in [3.8, 4) is 0 Å². The van der Waals surface area contributed by atoms with Crippen molar-refractivity contribution in [3.05, 3.63) is 0 Å². The largest absolute Gasteiger partial charge is 0.315 e. The van der Waals surface area contributed by atoms with Crippen LogP contribution in [0.3, 0.4) is 0 Å². The minimum Gasteiger partial charge on any atom is -0.315 e. The molecule has 1 heterocycles. The molecular weight excluding hydrogens is 124 g/mol. The molecule has 1 fully saturated rings. The summed E-state index contributed by atoms with van der Waals surface area (Å²) in [5, 5.41) is 3.40. The molecule has 2 heteroatoms. The summed E-state index contributed by atoms with van der Waals surface area (Å²) < 4.78 is 0. The standard InChI is InChI=1S/C8H18N2/c1-3-8-4-5-9-6-7-10(8)2/h8-9H,3-7H2,1-2H3. The van der Waals surface area contributed by atoms with E-state index in [4.69, 9.17) is 0 Å². The number of nitrogens with zero attached hydrogens (tertiary/aromatic N) is 1. The smallest absolute Gasteiger partial charge is 0.0107 e. The summed E-state index contributed by atoms with van der Waals surface area (Å²) in [7, 11) is 2.22. The minimum atomic E-state index is 0.815. The third kappa shape index (κ3) is 1.96. The average Bonchev–Trinajstić information content (AvgIpc) is 2.13. The number of hydrogen-bond donors (Lipinski definition) is 1. The highest BCUT2D eigenvalue weighted by Crippen LogP contribution is 2.06. The lowest BCUT2D eigenvalue weighted by Crippen LogP contribution is -2.31. The highest BCUT2D eigenvalue weighted by atomic mass is 15.2. The second kappa shape index (κ2) is 3.94. The average molecular weight is 142 g/mol. The first-order valence-electron chi connectivity index (χ1n) is 4.25. The van der Waals surface area contributed by atoms with Gasteiger partial charge < -0.3 is 10.2 Å². The number of rotatable bonds is 1. The van der Waals surface area contributed by atoms with Crippen LogP contribution < -0.4 is 5.32 Å². The van der Waals surface area contributed by atoms with Crippen LogP contribution in [0.1, 0.15) is 19.8 Å². The first-order valence-corrected chi connectivity index (χ1v) is 4.25. The van der Waals surface area contributed by atoms with Crippen LogP contribution in [0.5, 0.6) is 0 Å². The van der Waals surface area contributed by atoms with Crippen molar-refractivity contribution in [1.29, 1.82) is 0 Å². The summed E-state index contributed by atoms with van der Waals surface area (Å²) in [5.41, 5.74) is 0. The third-order valence-corrected chi connectivity index (χ3v) is 2.39. The Kier molecular flexibility index (Phi) is 3.16. The maximum atomic E-state index is 3.40. The van der Waals surface area contributed by atoms with Crippen LogP contribution in [0.15, 0.2) is 0 Å². The maximum absolute atomic E-state index is 3.40. The fourth-order valence-electron chi connectivity index (χ4n) is 1.57. The molecule has 0 radical (unpaired) electrons. The van der Waals surface area contributed by atoms with Crippen molar-refractivity contribution in [2.24, 2.45) is 0 Å². The summed E-state index contributed by atoms with van der Waals surface area (Å²) in [6.45, 7) is 5.83. The molecule has 1 rings (SSSR count). The summed E-state index contributed by atoms with van der Waals surface area (Å²) in [4.78, 5) is 2.46. The van der Waals surface area contributed by atoms with Gasteiger partial charge in [-0.25, -0.2) is 0 Å². The monoisotopic (exact) mass is 142 g/mol. The second-order valence-electron chi connectivity index (χ2n) is 3.08. The minimum absolute atomic E-state index is 0.815. The van der Waals surface area contributed by atoms with Gasteiger partial charge >= 0.3 is 0 Å². The zero-order chi connectivity index (χ0) is 7.40. The maximum Gasteiger partial charge on any atom is 0.0107 e. The number of nitrogens with one attached hydrogen (secondary N) is 1. The van der Waals surface area contributed by atoms with Gasteiger partial charge in [0, 0.05) is 19.1 Å². The van der Waals surface area contributed by atoms with E-state index in [1.807, 2.05) is 0 Å². The van der Waals surface area contributed by atoms with Crippen LogP contribution in [0.4, 0.5) is 0 Å². The van der Waals surface area contributed by atoms with E-state index in [2.05, 4.69) is 24.2 Å². The molecule has 1 atom stereocenters. The molecule has 1 unspecified atom stereocenters. The lowest BCUT2D eigenvalue weighted by molar-refractivity contribution is 0.248. The van der Waals surface area contributed by atoms with Gasteiger partial charge in [-0.15, -0.1) is 0 Å². The molecule has 60 valence electrons. The van der Waals surface area contributed by atoms with E-state index in [9.17, 15) is 0 Å². The normalized spacial score (nSPS) is 30.0. The van der Waals surface area contributed by atoms with E-state index in [0.717, 1.165) is 12.6 Å². The lowest BCUT2D eigenvalue weighted by atomic mass is 10.1. The van der Waals surface area contributed by atoms with E-state index in [1.165, 1.54) is 25.9 Å². The molecule has 0 aromatic heterocycles. The molecule has 0 aromatic rings. The zero-order valence-corrected chi connectivity index (χ0v) is 7.06. The fourth-order valence-corrected chi connectivity index (χ4v) is 1.57. The van der Waals surface area contributed by atoms with E-state index in [0.29, 0.717) is 0 Å². The molecule has 1 saturated heterocycles. The zero-order valence-electron chi connectivity index (χ0n) is 7.06. The first-order chi connectivity index (χ1) is 4.84. The first kappa shape index (κ1) is 8.02. The molecule has 1 aliphatic rings. The van der Waals surface area contributed by atoms with E-state index < -0.39 is 0 Å². The SMILES string of the molecule is CCC1CCNCCN1C. The van der Waals surface area contributed by atoms with Gasteiger partial charge in [0.2, 0.25) is 0 Å². The van der Waals surface area contributed by atoms with Crippen LogP contribution in [0.2, 0.25) is 0 Å². The summed E-state index contributed by atoms with van der Waals surface area (Å²) in [6, 6.07) is 0.815. The van der Waals surface area contributed by atoms with Gasteiger partial charge in [-0.05, 0) is 26.4 Å². The van der Waals surface area contributed by atoms with Crippen LogP contribution in [-0.2, 0) is 0 Å². The summed E-state index contributed by atoms with van der Waals surface area (Å²) >= 11 is 0. The van der Waals surface area contributed by atoms with Gasteiger partial charge in [0.1, 0.15) is 0 Å². The van der Waals surface area contributed by atoms with Gasteiger partial charge in [0.15, 0.2) is 0 Å². The van der Waals surface area contributed by atoms with Gasteiger partial charge in [-0.1, -0.05) is 6.92 Å². The van der Waals surface area contributed by atoms with Gasteiger partial charge in [-0.2, -0.15) is 0 Å². The second-order valence-corrected chi connectivity index (χ2v) is 3.08. The van der Waals surface area contributed by atoms with Crippen molar-refractivity contribution >= 4 is 0 Å². The Morgan fingerprint density at radius 1 is 1.50 bits per heavy atom. The molecule has 10 heavy (non-hydrogen) atoms. The Bertz CT molecular complexity index is 93.3. The summed E-state index contributed by atoms with van der Waals surface area (Å²) in [5.74, 6) is 0. The molecule has 0 bridgehead atoms. The molecule has 0 spiro atoms. The fraction of sp³-hybridized carbons (Fsp3) is 1.00. The van der Waals surface area contributed by atoms with E-state index in [1.54, 1.807) is 0 Å². The predicted molar refractivity (Wildman–Crippen MR) is 44.2 cm³/mol. The highest BCUT2D eigenvalue weighted by molar-refractivity contribution is 4.72. The lowest BCUT2D eigenvalue weighted by Gasteiger charge is -2.23. The Balaban J connectivity index is 2.35. The Hall–Kier alpha value is -0.0800. The Labute approximate surface area is 63.6 Å². The van der Waals surface area contributed by atoms with Crippen LogP contribution >= 0.6 is 0 Å². The van der Waals surface area contributed by atoms with Crippen LogP contribution in [0.25, 0.3) is 0 Å². The van der Waals surface area contributed by atoms with Crippen molar-refractivity contribution < 1.29 is 0 Å². The van der Waals surface area contributed by atoms with Crippen molar-refractivity contribution in [2.75, 3.05) is 26.7 Å². The van der Waals surface area contributed by atoms with Crippen LogP contribution in [0, 0.1) is 0 Å². The molecule has 1 N–H and O–H groups in total. The Morgan fingerprint density at radius 2 is 2.30 bits per heavy atom. The molecule has 0 saturated carbocycles. The quantitative estimate of drug-likeness (QED) is 0.579. The highest BCUT2D eigenvalue weighted by Gasteiger charge is 2.13. The van der Waals surface area contributed by atoms with Gasteiger partial charge in [0.05, 0.1) is 0 Å². The van der Waals surface area contributed by atoms with Crippen molar-refractivity contribution in [1.82, 2.24) is 10.2 Å². The Morgan fingerprint density at radius 3 is 3.00 bits per heavy atom. The topological polar surface area (TPSA) is 15.3 Å². The number of hydrogen-bond acceptors (Lipinski definition) is 2.